The zero-order valence-electron chi connectivity index (χ0n) is 19.0. The number of phenolic OH excluding ortho intramolecular Hbond substituents is 1. The second kappa shape index (κ2) is 10.5. The molecule has 0 fully saturated rings. The van der Waals surface area contributed by atoms with Crippen LogP contribution in [-0.4, -0.2) is 41.3 Å². The number of fused-ring (bicyclic) bond motifs is 1. The monoisotopic (exact) mass is 458 g/mol. The Morgan fingerprint density at radius 3 is 2.35 bits per heavy atom. The van der Waals surface area contributed by atoms with Crippen molar-refractivity contribution in [3.8, 4) is 11.5 Å². The van der Waals surface area contributed by atoms with Crippen molar-refractivity contribution in [1.29, 1.82) is 0 Å². The van der Waals surface area contributed by atoms with Crippen molar-refractivity contribution < 1.29 is 19.4 Å². The number of benzene rings is 3. The Morgan fingerprint density at radius 1 is 0.941 bits per heavy atom. The molecule has 1 heterocycles. The fraction of sp³-hybridized carbons (Fsp3) is 0.192. The van der Waals surface area contributed by atoms with E-state index in [1.807, 2.05) is 48.5 Å². The van der Waals surface area contributed by atoms with Gasteiger partial charge in [-0.25, -0.2) is 9.78 Å². The van der Waals surface area contributed by atoms with Crippen LogP contribution >= 0.6 is 0 Å². The third-order valence-corrected chi connectivity index (χ3v) is 5.39. The molecule has 0 saturated carbocycles. The molecule has 34 heavy (non-hydrogen) atoms. The summed E-state index contributed by atoms with van der Waals surface area (Å²) in [5.41, 5.74) is 2.67. The van der Waals surface area contributed by atoms with Crippen LogP contribution < -0.4 is 15.4 Å². The Hall–Kier alpha value is -4.33. The van der Waals surface area contributed by atoms with E-state index in [9.17, 15) is 9.90 Å². The Labute approximate surface area is 197 Å². The molecule has 1 aromatic heterocycles. The van der Waals surface area contributed by atoms with E-state index in [0.717, 1.165) is 27.8 Å². The lowest BCUT2D eigenvalue weighted by Crippen LogP contribution is -2.33. The molecular weight excluding hydrogens is 432 g/mol. The highest BCUT2D eigenvalue weighted by molar-refractivity contribution is 5.90. The summed E-state index contributed by atoms with van der Waals surface area (Å²) in [6.45, 7) is 0.554. The molecule has 1 atom stereocenters. The minimum absolute atomic E-state index is 0.164. The highest BCUT2D eigenvalue weighted by atomic mass is 16.5. The quantitative estimate of drug-likeness (QED) is 0.321. The first kappa shape index (κ1) is 22.8. The maximum Gasteiger partial charge on any atom is 0.328 e. The number of nitrogens with zero attached hydrogens (tertiary/aromatic N) is 2. The highest BCUT2D eigenvalue weighted by Gasteiger charge is 2.21. The van der Waals surface area contributed by atoms with Crippen molar-refractivity contribution in [2.45, 2.75) is 19.0 Å². The summed E-state index contributed by atoms with van der Waals surface area (Å²) in [5.74, 6) is 1.49. The van der Waals surface area contributed by atoms with Crippen LogP contribution in [0.15, 0.2) is 72.8 Å². The molecule has 0 amide bonds. The van der Waals surface area contributed by atoms with E-state index >= 15 is 0 Å². The molecule has 3 aromatic carbocycles. The normalized spacial score (nSPS) is 11.6. The average Bonchev–Trinajstić information content (AvgIpc) is 2.88. The van der Waals surface area contributed by atoms with Gasteiger partial charge in [-0.1, -0.05) is 36.4 Å². The lowest BCUT2D eigenvalue weighted by atomic mass is 10.1. The predicted octanol–water partition coefficient (Wildman–Crippen LogP) is 4.15. The number of phenols is 1. The molecule has 0 bridgehead atoms. The summed E-state index contributed by atoms with van der Waals surface area (Å²) in [6.07, 6.45) is 0.345. The maximum atomic E-state index is 12.5. The number of esters is 1. The summed E-state index contributed by atoms with van der Waals surface area (Å²) in [4.78, 5) is 21.7. The first-order valence-electron chi connectivity index (χ1n) is 10.8. The fourth-order valence-corrected chi connectivity index (χ4v) is 3.56. The van der Waals surface area contributed by atoms with Crippen molar-refractivity contribution in [3.63, 3.8) is 0 Å². The van der Waals surface area contributed by atoms with Crippen LogP contribution in [0.2, 0.25) is 0 Å². The fourth-order valence-electron chi connectivity index (χ4n) is 3.56. The number of nitrogens with one attached hydrogen (secondary N) is 2. The zero-order chi connectivity index (χ0) is 23.9. The minimum atomic E-state index is -0.704. The molecule has 8 nitrogen and oxygen atoms in total. The second-order valence-corrected chi connectivity index (χ2v) is 7.71. The Balaban J connectivity index is 1.59. The van der Waals surface area contributed by atoms with Gasteiger partial charge in [-0.05, 0) is 47.5 Å². The highest BCUT2D eigenvalue weighted by Crippen LogP contribution is 2.24. The number of para-hydroxylation sites is 1. The number of methoxy groups -OCH3 is 2. The number of rotatable bonds is 9. The van der Waals surface area contributed by atoms with Crippen LogP contribution in [0.25, 0.3) is 10.9 Å². The van der Waals surface area contributed by atoms with Crippen molar-refractivity contribution >= 4 is 28.6 Å². The van der Waals surface area contributed by atoms with Gasteiger partial charge in [-0.15, -0.1) is 0 Å². The number of anilines is 2. The number of carbonyl (C=O) groups is 1. The van der Waals surface area contributed by atoms with Crippen molar-refractivity contribution in [2.75, 3.05) is 24.9 Å². The summed E-state index contributed by atoms with van der Waals surface area (Å²) < 4.78 is 10.2. The van der Waals surface area contributed by atoms with E-state index in [1.165, 1.54) is 7.11 Å². The number of hydrogen-bond donors (Lipinski definition) is 3. The molecule has 8 heteroatoms. The second-order valence-electron chi connectivity index (χ2n) is 7.71. The Kier molecular flexibility index (Phi) is 7.07. The van der Waals surface area contributed by atoms with Crippen LogP contribution in [0.3, 0.4) is 0 Å². The Morgan fingerprint density at radius 2 is 1.65 bits per heavy atom. The van der Waals surface area contributed by atoms with Crippen molar-refractivity contribution in [1.82, 2.24) is 9.97 Å². The molecule has 0 saturated heterocycles. The van der Waals surface area contributed by atoms with Gasteiger partial charge in [-0.2, -0.15) is 4.98 Å². The van der Waals surface area contributed by atoms with E-state index < -0.39 is 12.0 Å². The molecule has 0 radical (unpaired) electrons. The first-order chi connectivity index (χ1) is 16.6. The van der Waals surface area contributed by atoms with Gasteiger partial charge in [0.25, 0.3) is 0 Å². The molecule has 174 valence electrons. The number of ether oxygens (including phenoxy) is 2. The van der Waals surface area contributed by atoms with E-state index in [-0.39, 0.29) is 5.75 Å². The van der Waals surface area contributed by atoms with Gasteiger partial charge in [0, 0.05) is 18.4 Å². The molecule has 0 aliphatic carbocycles. The van der Waals surface area contributed by atoms with Crippen LogP contribution in [0.4, 0.5) is 11.8 Å². The van der Waals surface area contributed by atoms with Gasteiger partial charge in [0.1, 0.15) is 23.4 Å². The van der Waals surface area contributed by atoms with Gasteiger partial charge in [-0.3, -0.25) is 0 Å². The van der Waals surface area contributed by atoms with Crippen LogP contribution in [0.1, 0.15) is 11.1 Å². The van der Waals surface area contributed by atoms with Gasteiger partial charge in [0.2, 0.25) is 5.95 Å². The third kappa shape index (κ3) is 5.53. The van der Waals surface area contributed by atoms with E-state index in [1.54, 1.807) is 31.4 Å². The first-order valence-corrected chi connectivity index (χ1v) is 10.8. The zero-order valence-corrected chi connectivity index (χ0v) is 19.0. The SMILES string of the molecule is COC(=O)[C@H](Cc1ccc(O)cc1)Nc1nc(NCc2ccc(OC)cc2)c2ccccc2n1. The molecule has 0 aliphatic rings. The summed E-state index contributed by atoms with van der Waals surface area (Å²) in [5, 5.41) is 16.9. The van der Waals surface area contributed by atoms with Crippen LogP contribution in [0, 0.1) is 0 Å². The summed E-state index contributed by atoms with van der Waals surface area (Å²) in [7, 11) is 2.98. The van der Waals surface area contributed by atoms with Gasteiger partial charge >= 0.3 is 5.97 Å². The number of aromatic nitrogens is 2. The lowest BCUT2D eigenvalue weighted by molar-refractivity contribution is -0.141. The molecule has 3 N–H and O–H groups in total. The molecule has 0 unspecified atom stereocenters. The minimum Gasteiger partial charge on any atom is -0.508 e. The van der Waals surface area contributed by atoms with Gasteiger partial charge in [0.15, 0.2) is 0 Å². The van der Waals surface area contributed by atoms with Crippen molar-refractivity contribution in [2.24, 2.45) is 0 Å². The average molecular weight is 459 g/mol. The number of aromatic hydroxyl groups is 1. The summed E-state index contributed by atoms with van der Waals surface area (Å²) >= 11 is 0. The van der Waals surface area contributed by atoms with E-state index in [2.05, 4.69) is 20.6 Å². The maximum absolute atomic E-state index is 12.5. The smallest absolute Gasteiger partial charge is 0.328 e. The number of hydrogen-bond acceptors (Lipinski definition) is 8. The van der Waals surface area contributed by atoms with Gasteiger partial charge in [0.05, 0.1) is 19.7 Å². The van der Waals surface area contributed by atoms with E-state index in [0.29, 0.717) is 24.7 Å². The number of carbonyl (C=O) groups excluding carboxylic acids is 1. The standard InChI is InChI=1S/C26H26N4O4/c1-33-20-13-9-18(10-14-20)16-27-24-21-5-3-4-6-22(21)28-26(30-24)29-23(25(32)34-2)15-17-7-11-19(31)12-8-17/h3-14,23,31H,15-16H2,1-2H3,(H2,27,28,29,30)/t23-/m0/s1. The topological polar surface area (TPSA) is 106 Å². The van der Waals surface area contributed by atoms with Crippen LogP contribution in [0.5, 0.6) is 11.5 Å². The molecule has 4 aromatic rings. The Bertz CT molecular complexity index is 1260. The molecule has 0 aliphatic heterocycles. The lowest BCUT2D eigenvalue weighted by Gasteiger charge is -2.18. The third-order valence-electron chi connectivity index (χ3n) is 5.39. The molecule has 0 spiro atoms. The van der Waals surface area contributed by atoms with Gasteiger partial charge < -0.3 is 25.2 Å². The van der Waals surface area contributed by atoms with Crippen molar-refractivity contribution in [3.05, 3.63) is 83.9 Å². The van der Waals surface area contributed by atoms with E-state index in [4.69, 9.17) is 9.47 Å². The molecular formula is C26H26N4O4. The largest absolute Gasteiger partial charge is 0.508 e. The van der Waals surface area contributed by atoms with Crippen LogP contribution in [-0.2, 0) is 22.5 Å². The molecule has 4 rings (SSSR count). The summed E-state index contributed by atoms with van der Waals surface area (Å²) in [6, 6.07) is 21.4. The predicted molar refractivity (Wildman–Crippen MR) is 131 cm³/mol.